The van der Waals surface area contributed by atoms with Crippen LogP contribution in [0.4, 0.5) is 0 Å². The van der Waals surface area contributed by atoms with Crippen molar-refractivity contribution in [3.63, 3.8) is 0 Å². The Morgan fingerprint density at radius 2 is 1.06 bits per heavy atom. The Kier molecular flexibility index (Phi) is 21.8. The van der Waals surface area contributed by atoms with Crippen molar-refractivity contribution >= 4 is 42.9 Å². The third-order valence-electron chi connectivity index (χ3n) is 10.0. The maximum Gasteiger partial charge on any atom is 0.173 e. The number of rotatable bonds is 27. The third kappa shape index (κ3) is 14.5. The summed E-state index contributed by atoms with van der Waals surface area (Å²) in [4.78, 5) is -1.82. The number of ether oxygens (including phenoxy) is 2. The van der Waals surface area contributed by atoms with Gasteiger partial charge in [0.1, 0.15) is 15.9 Å². The van der Waals surface area contributed by atoms with Gasteiger partial charge in [-0.1, -0.05) is 132 Å². The summed E-state index contributed by atoms with van der Waals surface area (Å²) >= 11 is 2.85. The molecule has 0 unspecified atom stereocenters. The van der Waals surface area contributed by atoms with Crippen molar-refractivity contribution in [2.24, 2.45) is 0 Å². The molecule has 0 saturated carbocycles. The summed E-state index contributed by atoms with van der Waals surface area (Å²) in [5.74, 6) is 0. The molecule has 0 aliphatic rings. The third-order valence-corrected chi connectivity index (χ3v) is 18.2. The molecule has 3 rings (SSSR count). The van der Waals surface area contributed by atoms with Crippen molar-refractivity contribution in [3.05, 3.63) is 101 Å². The first-order chi connectivity index (χ1) is 24.4. The Hall–Kier alpha value is -1.52. The van der Waals surface area contributed by atoms with E-state index in [9.17, 15) is 0 Å². The van der Waals surface area contributed by atoms with Gasteiger partial charge in [-0.2, -0.15) is 0 Å². The molecule has 0 aromatic heterocycles. The van der Waals surface area contributed by atoms with Crippen molar-refractivity contribution in [1.29, 1.82) is 0 Å². The van der Waals surface area contributed by atoms with Gasteiger partial charge in [0, 0.05) is 13.2 Å². The van der Waals surface area contributed by atoms with Crippen LogP contribution < -0.4 is 15.9 Å². The number of aryl methyl sites for hydroxylation is 3. The van der Waals surface area contributed by atoms with Crippen LogP contribution in [-0.4, -0.2) is 19.5 Å². The van der Waals surface area contributed by atoms with Gasteiger partial charge in [-0.25, -0.2) is 0 Å². The number of benzene rings is 3. The Bertz CT molecular complexity index is 1310. The van der Waals surface area contributed by atoms with E-state index in [-0.39, 0.29) is 6.29 Å². The highest BCUT2D eigenvalue weighted by atomic mass is 127. The van der Waals surface area contributed by atoms with E-state index in [4.69, 9.17) is 9.47 Å². The number of hydrogen-bond donors (Lipinski definition) is 0. The van der Waals surface area contributed by atoms with Crippen LogP contribution >= 0.6 is 26.9 Å². The van der Waals surface area contributed by atoms with Crippen LogP contribution in [0.1, 0.15) is 145 Å². The molecular formula is C46H69IO2P+. The zero-order valence-corrected chi connectivity index (χ0v) is 35.4. The van der Waals surface area contributed by atoms with Crippen LogP contribution in [0.25, 0.3) is 0 Å². The molecule has 0 saturated heterocycles. The molecule has 0 N–H and O–H groups in total. The predicted octanol–water partition coefficient (Wildman–Crippen LogP) is 13.4. The van der Waals surface area contributed by atoms with Crippen molar-refractivity contribution in [2.45, 2.75) is 156 Å². The van der Waals surface area contributed by atoms with Gasteiger partial charge in [-0.15, -0.1) is 0 Å². The molecule has 0 spiro atoms. The average molecular weight is 812 g/mol. The van der Waals surface area contributed by atoms with Crippen molar-refractivity contribution in [1.82, 2.24) is 0 Å². The number of allylic oxidation sites excluding steroid dienone is 2. The second-order valence-corrected chi connectivity index (χ2v) is 21.2. The van der Waals surface area contributed by atoms with Crippen molar-refractivity contribution in [2.75, 3.05) is 13.2 Å². The highest BCUT2D eigenvalue weighted by molar-refractivity contribution is 14.2. The highest BCUT2D eigenvalue weighted by Gasteiger charge is 2.46. The van der Waals surface area contributed by atoms with Gasteiger partial charge in [-0.05, 0) is 119 Å². The van der Waals surface area contributed by atoms with Crippen LogP contribution in [-0.2, 0) is 15.9 Å². The zero-order valence-electron chi connectivity index (χ0n) is 32.4. The SMILES string of the molecule is CCCCCCCOC(CCCCC/C=C/CCCc1cccc([P+](I)(c2ccccc2C)c2ccccc2C)c1C)OCCCCCCC. The molecular weight excluding hydrogens is 742 g/mol. The smallest absolute Gasteiger partial charge is 0.173 e. The van der Waals surface area contributed by atoms with Crippen LogP contribution in [0, 0.1) is 20.8 Å². The van der Waals surface area contributed by atoms with Gasteiger partial charge in [-0.3, -0.25) is 0 Å². The van der Waals surface area contributed by atoms with Gasteiger partial charge in [0.2, 0.25) is 0 Å². The normalized spacial score (nSPS) is 12.1. The van der Waals surface area contributed by atoms with Crippen molar-refractivity contribution in [3.8, 4) is 0 Å². The van der Waals surface area contributed by atoms with Gasteiger partial charge < -0.3 is 9.47 Å². The summed E-state index contributed by atoms with van der Waals surface area (Å²) < 4.78 is 12.4. The quantitative estimate of drug-likeness (QED) is 0.0251. The summed E-state index contributed by atoms with van der Waals surface area (Å²) in [5.41, 5.74) is 5.75. The second kappa shape index (κ2) is 25.5. The molecule has 0 bridgehead atoms. The number of halogens is 1. The lowest BCUT2D eigenvalue weighted by molar-refractivity contribution is -0.148. The molecule has 2 nitrogen and oxygen atoms in total. The molecule has 3 aromatic rings. The van der Waals surface area contributed by atoms with E-state index < -0.39 is 4.90 Å². The van der Waals surface area contributed by atoms with E-state index >= 15 is 0 Å². The average Bonchev–Trinajstić information content (AvgIpc) is 3.12. The van der Waals surface area contributed by atoms with Crippen LogP contribution in [0.3, 0.4) is 0 Å². The minimum Gasteiger partial charge on any atom is -0.353 e. The summed E-state index contributed by atoms with van der Waals surface area (Å²) in [7, 11) is 0. The fourth-order valence-electron chi connectivity index (χ4n) is 6.93. The number of unbranched alkanes of at least 4 members (excludes halogenated alkanes) is 12. The first-order valence-electron chi connectivity index (χ1n) is 20.1. The summed E-state index contributed by atoms with van der Waals surface area (Å²) in [5, 5.41) is 4.50. The molecule has 3 aromatic carbocycles. The van der Waals surface area contributed by atoms with E-state index in [1.165, 1.54) is 122 Å². The topological polar surface area (TPSA) is 18.5 Å². The summed E-state index contributed by atoms with van der Waals surface area (Å²) in [6, 6.07) is 25.1. The molecule has 0 fully saturated rings. The fraction of sp³-hybridized carbons (Fsp3) is 0.565. The lowest BCUT2D eigenvalue weighted by atomic mass is 10.0. The lowest BCUT2D eigenvalue weighted by Gasteiger charge is -2.25. The molecule has 0 atom stereocenters. The standard InChI is InChI=1S/C46H69IO2P/c1-6-8-10-18-26-37-48-46(49-38-27-19-11-9-7-2)36-21-17-15-13-12-14-16-20-31-42-32-28-35-45(41(42)5)50(47,43-33-24-22-29-39(43)3)44-34-25-23-30-40(44)4/h12,14,22-25,28-30,32-35,46H,6-11,13,15-21,26-27,31,36-38H2,1-5H3/q+1/b14-12+. The van der Waals surface area contributed by atoms with E-state index in [1.54, 1.807) is 0 Å². The first kappa shape index (κ1) is 42.9. The Labute approximate surface area is 321 Å². The largest absolute Gasteiger partial charge is 0.353 e. The van der Waals surface area contributed by atoms with E-state index in [0.29, 0.717) is 0 Å². The summed E-state index contributed by atoms with van der Waals surface area (Å²) in [6.45, 7) is 13.2. The molecule has 276 valence electrons. The molecule has 50 heavy (non-hydrogen) atoms. The van der Waals surface area contributed by atoms with E-state index in [0.717, 1.165) is 45.3 Å². The molecule has 0 radical (unpaired) electrons. The van der Waals surface area contributed by atoms with Gasteiger partial charge in [0.15, 0.2) is 33.2 Å². The van der Waals surface area contributed by atoms with E-state index in [1.807, 2.05) is 0 Å². The Morgan fingerprint density at radius 3 is 1.62 bits per heavy atom. The van der Waals surface area contributed by atoms with Gasteiger partial charge in [0.05, 0.1) is 0 Å². The lowest BCUT2D eigenvalue weighted by Crippen LogP contribution is -2.31. The minimum atomic E-state index is -1.82. The molecule has 0 heterocycles. The predicted molar refractivity (Wildman–Crippen MR) is 232 cm³/mol. The first-order valence-corrected chi connectivity index (χ1v) is 24.7. The molecule has 0 amide bonds. The van der Waals surface area contributed by atoms with Gasteiger partial charge >= 0.3 is 0 Å². The highest BCUT2D eigenvalue weighted by Crippen LogP contribution is 2.65. The van der Waals surface area contributed by atoms with E-state index in [2.05, 4.69) is 136 Å². The molecule has 0 aliphatic carbocycles. The number of hydrogen-bond acceptors (Lipinski definition) is 2. The zero-order chi connectivity index (χ0) is 35.9. The van der Waals surface area contributed by atoms with Crippen LogP contribution in [0.5, 0.6) is 0 Å². The Morgan fingerprint density at radius 1 is 0.560 bits per heavy atom. The summed E-state index contributed by atoms with van der Waals surface area (Å²) in [6.07, 6.45) is 26.9. The maximum absolute atomic E-state index is 6.21. The monoisotopic (exact) mass is 811 g/mol. The minimum absolute atomic E-state index is 0.0159. The van der Waals surface area contributed by atoms with Crippen LogP contribution in [0.2, 0.25) is 0 Å². The maximum atomic E-state index is 6.21. The second-order valence-electron chi connectivity index (χ2n) is 14.2. The van der Waals surface area contributed by atoms with Gasteiger partial charge in [0.25, 0.3) is 0 Å². The van der Waals surface area contributed by atoms with Crippen molar-refractivity contribution < 1.29 is 9.47 Å². The van der Waals surface area contributed by atoms with Crippen LogP contribution in [0.15, 0.2) is 78.9 Å². The molecule has 4 heteroatoms. The molecule has 0 aliphatic heterocycles. The Balaban J connectivity index is 1.45. The fourth-order valence-corrected chi connectivity index (χ4v) is 15.1.